The van der Waals surface area contributed by atoms with Crippen LogP contribution in [0.2, 0.25) is 0 Å². The van der Waals surface area contributed by atoms with Crippen molar-refractivity contribution in [2.45, 2.75) is 268 Å². The van der Waals surface area contributed by atoms with Crippen LogP contribution in [0.15, 0.2) is 48.6 Å². The van der Waals surface area contributed by atoms with E-state index in [4.69, 9.17) is 9.47 Å². The van der Waals surface area contributed by atoms with Gasteiger partial charge in [-0.1, -0.05) is 178 Å². The van der Waals surface area contributed by atoms with E-state index in [9.17, 15) is 40.5 Å². The van der Waals surface area contributed by atoms with E-state index in [1.165, 1.54) is 103 Å². The Hall–Kier alpha value is -1.93. The first-order valence-corrected chi connectivity index (χ1v) is 26.0. The fourth-order valence-electron chi connectivity index (χ4n) is 8.00. The molecule has 11 nitrogen and oxygen atoms in total. The SMILES string of the molecule is CCC/C=C/CC/C=C/CC/C=C/CCCC(O)C(O)C(COC1OC(CO)C(O)C(O)C1O)NC(=O)C(O)CCCCCCCCC/C=C\CCCCCCCCCCCCCC. The number of amides is 1. The summed E-state index contributed by atoms with van der Waals surface area (Å²) in [5.74, 6) is -0.717. The van der Waals surface area contributed by atoms with Gasteiger partial charge < -0.3 is 50.5 Å². The molecule has 0 aliphatic carbocycles. The van der Waals surface area contributed by atoms with Crippen LogP contribution in [-0.2, 0) is 14.3 Å². The predicted molar refractivity (Wildman–Crippen MR) is 261 cm³/mol. The summed E-state index contributed by atoms with van der Waals surface area (Å²) in [6.07, 6.45) is 40.2. The van der Waals surface area contributed by atoms with Gasteiger partial charge in [0.2, 0.25) is 5.91 Å². The maximum absolute atomic E-state index is 13.1. The lowest BCUT2D eigenvalue weighted by molar-refractivity contribution is -0.303. The quantitative estimate of drug-likeness (QED) is 0.0216. The molecule has 1 aliphatic heterocycles. The number of hydrogen-bond donors (Lipinski definition) is 8. The summed E-state index contributed by atoms with van der Waals surface area (Å²) in [7, 11) is 0. The van der Waals surface area contributed by atoms with Crippen LogP contribution in [0.5, 0.6) is 0 Å². The van der Waals surface area contributed by atoms with Crippen LogP contribution in [-0.4, -0.2) is 110 Å². The van der Waals surface area contributed by atoms with Crippen LogP contribution in [0, 0.1) is 0 Å². The third kappa shape index (κ3) is 31.1. The molecule has 0 radical (unpaired) electrons. The number of hydrogen-bond acceptors (Lipinski definition) is 10. The molecule has 0 aromatic carbocycles. The third-order valence-corrected chi connectivity index (χ3v) is 12.3. The van der Waals surface area contributed by atoms with Gasteiger partial charge >= 0.3 is 0 Å². The van der Waals surface area contributed by atoms with E-state index in [0.29, 0.717) is 19.3 Å². The van der Waals surface area contributed by atoms with E-state index < -0.39 is 74.2 Å². The second-order valence-corrected chi connectivity index (χ2v) is 18.2. The van der Waals surface area contributed by atoms with Crippen molar-refractivity contribution in [1.82, 2.24) is 5.32 Å². The fourth-order valence-corrected chi connectivity index (χ4v) is 8.00. The maximum Gasteiger partial charge on any atom is 0.249 e. The Morgan fingerprint density at radius 1 is 0.531 bits per heavy atom. The molecule has 0 aromatic heterocycles. The first-order chi connectivity index (χ1) is 31.2. The molecule has 11 heteroatoms. The zero-order chi connectivity index (χ0) is 46.9. The van der Waals surface area contributed by atoms with E-state index in [2.05, 4.69) is 67.8 Å². The summed E-state index contributed by atoms with van der Waals surface area (Å²) in [6.45, 7) is 3.36. The smallest absolute Gasteiger partial charge is 0.249 e. The standard InChI is InChI=1S/C53H97NO10/c1-3-5-7-9-11-13-15-17-19-20-21-22-23-24-25-26-27-29-31-33-35-37-39-41-46(57)52(62)54-44(43-63-53-51(61)50(60)49(59)47(42-55)64-53)48(58)45(56)40-38-36-34-32-30-28-18-16-14-12-10-8-6-4-2/h8,10,16,18,24-25,32,34,44-51,53,55-61H,3-7,9,11-15,17,19-23,26-31,33,35-43H2,1-2H3,(H,54,62)/b10-8+,18-16+,25-24-,34-32+. The lowest BCUT2D eigenvalue weighted by Crippen LogP contribution is -2.60. The molecule has 374 valence electrons. The topological polar surface area (TPSA) is 189 Å². The van der Waals surface area contributed by atoms with Crippen LogP contribution in [0.25, 0.3) is 0 Å². The Bertz CT molecular complexity index is 1180. The normalized spacial score (nSPS) is 21.4. The van der Waals surface area contributed by atoms with Gasteiger partial charge in [-0.2, -0.15) is 0 Å². The molecule has 9 unspecified atom stereocenters. The minimum absolute atomic E-state index is 0.238. The highest BCUT2D eigenvalue weighted by Gasteiger charge is 2.44. The van der Waals surface area contributed by atoms with Crippen LogP contribution < -0.4 is 5.32 Å². The van der Waals surface area contributed by atoms with Crippen molar-refractivity contribution in [2.75, 3.05) is 13.2 Å². The van der Waals surface area contributed by atoms with Crippen molar-refractivity contribution in [3.05, 3.63) is 48.6 Å². The largest absolute Gasteiger partial charge is 0.394 e. The highest BCUT2D eigenvalue weighted by atomic mass is 16.7. The van der Waals surface area contributed by atoms with E-state index >= 15 is 0 Å². The Morgan fingerprint density at radius 2 is 0.969 bits per heavy atom. The molecule has 1 rings (SSSR count). The van der Waals surface area contributed by atoms with Crippen LogP contribution >= 0.6 is 0 Å². The zero-order valence-electron chi connectivity index (χ0n) is 40.5. The first kappa shape index (κ1) is 60.1. The zero-order valence-corrected chi connectivity index (χ0v) is 40.5. The molecule has 1 saturated heterocycles. The summed E-state index contributed by atoms with van der Waals surface area (Å²) in [6, 6.07) is -1.20. The molecular weight excluding hydrogens is 811 g/mol. The minimum Gasteiger partial charge on any atom is -0.394 e. The van der Waals surface area contributed by atoms with Gasteiger partial charge in [0.1, 0.15) is 36.6 Å². The number of unbranched alkanes of at least 4 members (excludes halogenated alkanes) is 23. The Balaban J connectivity index is 2.38. The fraction of sp³-hybridized carbons (Fsp3) is 0.830. The van der Waals surface area contributed by atoms with E-state index in [1.807, 2.05) is 0 Å². The van der Waals surface area contributed by atoms with Gasteiger partial charge in [0, 0.05) is 0 Å². The summed E-state index contributed by atoms with van der Waals surface area (Å²) in [5, 5.41) is 75.8. The van der Waals surface area contributed by atoms with Gasteiger partial charge in [0.15, 0.2) is 6.29 Å². The molecule has 8 N–H and O–H groups in total. The number of carbonyl (C=O) groups excluding carboxylic acids is 1. The van der Waals surface area contributed by atoms with Gasteiger partial charge in [-0.3, -0.25) is 4.79 Å². The van der Waals surface area contributed by atoms with Crippen molar-refractivity contribution in [1.29, 1.82) is 0 Å². The highest BCUT2D eigenvalue weighted by Crippen LogP contribution is 2.23. The molecule has 0 aromatic rings. The van der Waals surface area contributed by atoms with Gasteiger partial charge in [0.05, 0.1) is 25.4 Å². The van der Waals surface area contributed by atoms with Gasteiger partial charge in [0.25, 0.3) is 0 Å². The first-order valence-electron chi connectivity index (χ1n) is 26.0. The summed E-state index contributed by atoms with van der Waals surface area (Å²) in [4.78, 5) is 13.1. The third-order valence-electron chi connectivity index (χ3n) is 12.3. The molecule has 64 heavy (non-hydrogen) atoms. The number of ether oxygens (including phenoxy) is 2. The molecular formula is C53H97NO10. The summed E-state index contributed by atoms with van der Waals surface area (Å²) in [5.41, 5.74) is 0. The van der Waals surface area contributed by atoms with Crippen LogP contribution in [0.1, 0.15) is 213 Å². The van der Waals surface area contributed by atoms with Crippen molar-refractivity contribution < 1.29 is 50.0 Å². The molecule has 0 saturated carbocycles. The highest BCUT2D eigenvalue weighted by molar-refractivity contribution is 5.80. The lowest BCUT2D eigenvalue weighted by atomic mass is 9.98. The lowest BCUT2D eigenvalue weighted by Gasteiger charge is -2.40. The van der Waals surface area contributed by atoms with Crippen molar-refractivity contribution >= 4 is 5.91 Å². The Labute approximate surface area is 389 Å². The average Bonchev–Trinajstić information content (AvgIpc) is 3.29. The molecule has 1 aliphatic rings. The Morgan fingerprint density at radius 3 is 1.45 bits per heavy atom. The monoisotopic (exact) mass is 908 g/mol. The van der Waals surface area contributed by atoms with Crippen LogP contribution in [0.3, 0.4) is 0 Å². The molecule has 1 fully saturated rings. The van der Waals surface area contributed by atoms with Gasteiger partial charge in [-0.25, -0.2) is 0 Å². The molecule has 9 atom stereocenters. The van der Waals surface area contributed by atoms with Gasteiger partial charge in [-0.15, -0.1) is 0 Å². The number of allylic oxidation sites excluding steroid dienone is 8. The minimum atomic E-state index is -1.67. The molecule has 0 spiro atoms. The summed E-state index contributed by atoms with van der Waals surface area (Å²) < 4.78 is 11.1. The number of carbonyl (C=O) groups is 1. The number of nitrogens with one attached hydrogen (secondary N) is 1. The Kier molecular flexibility index (Phi) is 39.8. The predicted octanol–water partition coefficient (Wildman–Crippen LogP) is 9.73. The van der Waals surface area contributed by atoms with E-state index in [0.717, 1.165) is 64.2 Å². The number of rotatable bonds is 43. The summed E-state index contributed by atoms with van der Waals surface area (Å²) >= 11 is 0. The van der Waals surface area contributed by atoms with E-state index in [-0.39, 0.29) is 12.8 Å². The molecule has 1 amide bonds. The number of aliphatic hydroxyl groups excluding tert-OH is 7. The van der Waals surface area contributed by atoms with Crippen molar-refractivity contribution in [2.24, 2.45) is 0 Å². The maximum atomic E-state index is 13.1. The molecule has 1 heterocycles. The average molecular weight is 908 g/mol. The van der Waals surface area contributed by atoms with Crippen molar-refractivity contribution in [3.63, 3.8) is 0 Å². The second-order valence-electron chi connectivity index (χ2n) is 18.2. The molecule has 0 bridgehead atoms. The second kappa shape index (κ2) is 42.4. The van der Waals surface area contributed by atoms with Crippen molar-refractivity contribution in [3.8, 4) is 0 Å². The van der Waals surface area contributed by atoms with E-state index in [1.54, 1.807) is 0 Å². The van der Waals surface area contributed by atoms with Gasteiger partial charge in [-0.05, 0) is 83.5 Å². The number of aliphatic hydroxyl groups is 7. The van der Waals surface area contributed by atoms with Crippen LogP contribution in [0.4, 0.5) is 0 Å².